The van der Waals surface area contributed by atoms with Crippen LogP contribution in [-0.2, 0) is 4.79 Å². The van der Waals surface area contributed by atoms with Gasteiger partial charge in [-0.3, -0.25) is 0 Å². The quantitative estimate of drug-likeness (QED) is 0.552. The molecule has 0 aromatic rings. The molecule has 6 nitrogen and oxygen atoms in total. The van der Waals surface area contributed by atoms with E-state index in [0.29, 0.717) is 18.6 Å². The Hall–Kier alpha value is -0.950. The second-order valence-electron chi connectivity index (χ2n) is 5.10. The Morgan fingerprint density at radius 1 is 1.30 bits per heavy atom. The van der Waals surface area contributed by atoms with Gasteiger partial charge in [0.25, 0.3) is 0 Å². The Kier molecular flexibility index (Phi) is 7.76. The van der Waals surface area contributed by atoms with E-state index in [1.54, 1.807) is 0 Å². The number of thioether (sulfide) groups is 1. The molecule has 2 amide bonds. The van der Waals surface area contributed by atoms with Gasteiger partial charge >= 0.3 is 12.0 Å². The normalized spacial score (nSPS) is 24.5. The zero-order chi connectivity index (χ0) is 15.0. The van der Waals surface area contributed by atoms with Gasteiger partial charge < -0.3 is 20.8 Å². The Balaban J connectivity index is 2.45. The molecule has 1 aliphatic rings. The molecule has 7 heteroatoms. The highest BCUT2D eigenvalue weighted by molar-refractivity contribution is 7.98. The second-order valence-corrected chi connectivity index (χ2v) is 6.09. The zero-order valence-electron chi connectivity index (χ0n) is 11.8. The second kappa shape index (κ2) is 9.07. The van der Waals surface area contributed by atoms with Crippen molar-refractivity contribution in [3.05, 3.63) is 0 Å². The minimum Gasteiger partial charge on any atom is -0.480 e. The van der Waals surface area contributed by atoms with E-state index >= 15 is 0 Å². The Morgan fingerprint density at radius 3 is 2.65 bits per heavy atom. The van der Waals surface area contributed by atoms with E-state index in [4.69, 9.17) is 5.11 Å². The molecule has 0 saturated heterocycles. The van der Waals surface area contributed by atoms with Crippen LogP contribution in [0.15, 0.2) is 0 Å². The van der Waals surface area contributed by atoms with E-state index < -0.39 is 24.1 Å². The number of carboxylic acid groups (broad SMARTS) is 1. The SMILES string of the molecule is CSCC[C@H](NC(=O)NC1CCCCCC1O)C(=O)O. The van der Waals surface area contributed by atoms with Crippen LogP contribution in [0.5, 0.6) is 0 Å². The number of rotatable bonds is 6. The molecule has 0 spiro atoms. The van der Waals surface area contributed by atoms with Crippen LogP contribution in [0.25, 0.3) is 0 Å². The van der Waals surface area contributed by atoms with Crippen LogP contribution in [0.1, 0.15) is 38.5 Å². The summed E-state index contributed by atoms with van der Waals surface area (Å²) in [7, 11) is 0. The van der Waals surface area contributed by atoms with E-state index in [0.717, 1.165) is 25.7 Å². The van der Waals surface area contributed by atoms with Crippen molar-refractivity contribution in [2.75, 3.05) is 12.0 Å². The molecule has 0 bridgehead atoms. The predicted octanol–water partition coefficient (Wildman–Crippen LogP) is 1.19. The van der Waals surface area contributed by atoms with Gasteiger partial charge in [0, 0.05) is 0 Å². The summed E-state index contributed by atoms with van der Waals surface area (Å²) in [6, 6.07) is -1.68. The Bertz CT molecular complexity index is 327. The average Bonchev–Trinajstić information content (AvgIpc) is 2.59. The van der Waals surface area contributed by atoms with E-state index in [1.165, 1.54) is 11.8 Å². The van der Waals surface area contributed by atoms with Crippen molar-refractivity contribution in [1.82, 2.24) is 10.6 Å². The third kappa shape index (κ3) is 6.00. The van der Waals surface area contributed by atoms with E-state index in [1.807, 2.05) is 6.26 Å². The van der Waals surface area contributed by atoms with Gasteiger partial charge in [0.1, 0.15) is 6.04 Å². The maximum atomic E-state index is 11.8. The number of hydrogen-bond acceptors (Lipinski definition) is 4. The first-order valence-electron chi connectivity index (χ1n) is 7.01. The first-order valence-corrected chi connectivity index (χ1v) is 8.40. The molecule has 1 aliphatic carbocycles. The lowest BCUT2D eigenvalue weighted by Gasteiger charge is -2.23. The number of aliphatic carboxylic acids is 1. The summed E-state index contributed by atoms with van der Waals surface area (Å²) in [5, 5.41) is 24.1. The minimum atomic E-state index is -1.03. The first kappa shape index (κ1) is 17.1. The van der Waals surface area contributed by atoms with Crippen LogP contribution >= 0.6 is 11.8 Å². The van der Waals surface area contributed by atoms with Crippen molar-refractivity contribution in [2.24, 2.45) is 0 Å². The summed E-state index contributed by atoms with van der Waals surface area (Å²) >= 11 is 1.54. The van der Waals surface area contributed by atoms with Crippen molar-refractivity contribution in [2.45, 2.75) is 56.7 Å². The number of aliphatic hydroxyl groups is 1. The average molecular weight is 304 g/mol. The standard InChI is InChI=1S/C13H24N2O4S/c1-20-8-7-10(12(17)18)15-13(19)14-9-5-3-2-4-6-11(9)16/h9-11,16H,2-8H2,1H3,(H,17,18)(H2,14,15,19)/t9?,10-,11?/m0/s1. The minimum absolute atomic E-state index is 0.285. The molecule has 1 saturated carbocycles. The molecule has 20 heavy (non-hydrogen) atoms. The van der Waals surface area contributed by atoms with Gasteiger partial charge in [0.05, 0.1) is 12.1 Å². The highest BCUT2D eigenvalue weighted by Gasteiger charge is 2.25. The van der Waals surface area contributed by atoms with E-state index in [-0.39, 0.29) is 6.04 Å². The maximum Gasteiger partial charge on any atom is 0.326 e. The number of amides is 2. The summed E-state index contributed by atoms with van der Waals surface area (Å²) in [5.41, 5.74) is 0. The maximum absolute atomic E-state index is 11.8. The number of hydrogen-bond donors (Lipinski definition) is 4. The van der Waals surface area contributed by atoms with Gasteiger partial charge in [-0.05, 0) is 31.3 Å². The molecule has 0 heterocycles. The van der Waals surface area contributed by atoms with Crippen LogP contribution in [-0.4, -0.2) is 52.4 Å². The number of nitrogens with one attached hydrogen (secondary N) is 2. The third-order valence-electron chi connectivity index (χ3n) is 3.51. The highest BCUT2D eigenvalue weighted by atomic mass is 32.2. The molecule has 116 valence electrons. The highest BCUT2D eigenvalue weighted by Crippen LogP contribution is 2.17. The molecule has 4 N–H and O–H groups in total. The first-order chi connectivity index (χ1) is 9.54. The van der Waals surface area contributed by atoms with Crippen LogP contribution in [0, 0.1) is 0 Å². The number of urea groups is 1. The van der Waals surface area contributed by atoms with Gasteiger partial charge in [-0.15, -0.1) is 0 Å². The van der Waals surface area contributed by atoms with Crippen LogP contribution < -0.4 is 10.6 Å². The fourth-order valence-corrected chi connectivity index (χ4v) is 2.79. The van der Waals surface area contributed by atoms with E-state index in [2.05, 4.69) is 10.6 Å². The number of carbonyl (C=O) groups excluding carboxylic acids is 1. The lowest BCUT2D eigenvalue weighted by atomic mass is 10.1. The largest absolute Gasteiger partial charge is 0.480 e. The Labute approximate surface area is 123 Å². The molecular formula is C13H24N2O4S. The summed E-state index contributed by atoms with van der Waals surface area (Å²) in [6.45, 7) is 0. The van der Waals surface area contributed by atoms with Gasteiger partial charge in [-0.25, -0.2) is 9.59 Å². The fourth-order valence-electron chi connectivity index (χ4n) is 2.32. The molecule has 0 aliphatic heterocycles. The number of carboxylic acids is 1. The smallest absolute Gasteiger partial charge is 0.326 e. The molecule has 0 aromatic heterocycles. The van der Waals surface area contributed by atoms with Crippen molar-refractivity contribution >= 4 is 23.8 Å². The molecule has 0 aromatic carbocycles. The topological polar surface area (TPSA) is 98.7 Å². The van der Waals surface area contributed by atoms with Crippen molar-refractivity contribution in [3.63, 3.8) is 0 Å². The molecule has 1 rings (SSSR count). The van der Waals surface area contributed by atoms with E-state index in [9.17, 15) is 14.7 Å². The summed E-state index contributed by atoms with van der Waals surface area (Å²) < 4.78 is 0. The number of carbonyl (C=O) groups is 2. The molecular weight excluding hydrogens is 280 g/mol. The van der Waals surface area contributed by atoms with Gasteiger partial charge in [0.2, 0.25) is 0 Å². The van der Waals surface area contributed by atoms with Gasteiger partial charge in [0.15, 0.2) is 0 Å². The molecule has 2 unspecified atom stereocenters. The van der Waals surface area contributed by atoms with Crippen molar-refractivity contribution in [3.8, 4) is 0 Å². The molecule has 1 fully saturated rings. The van der Waals surface area contributed by atoms with Crippen LogP contribution in [0.3, 0.4) is 0 Å². The molecule has 3 atom stereocenters. The predicted molar refractivity (Wildman–Crippen MR) is 79.0 cm³/mol. The monoisotopic (exact) mass is 304 g/mol. The summed E-state index contributed by atoms with van der Waals surface area (Å²) in [4.78, 5) is 22.9. The lowest BCUT2D eigenvalue weighted by Crippen LogP contribution is -2.51. The fraction of sp³-hybridized carbons (Fsp3) is 0.846. The summed E-state index contributed by atoms with van der Waals surface area (Å²) in [6.07, 6.45) is 6.14. The van der Waals surface area contributed by atoms with Gasteiger partial charge in [-0.1, -0.05) is 19.3 Å². The summed E-state index contributed by atoms with van der Waals surface area (Å²) in [5.74, 6) is -0.362. The Morgan fingerprint density at radius 2 is 2.00 bits per heavy atom. The molecule has 0 radical (unpaired) electrons. The van der Waals surface area contributed by atoms with Crippen molar-refractivity contribution in [1.29, 1.82) is 0 Å². The van der Waals surface area contributed by atoms with Crippen LogP contribution in [0.2, 0.25) is 0 Å². The lowest BCUT2D eigenvalue weighted by molar-refractivity contribution is -0.139. The zero-order valence-corrected chi connectivity index (χ0v) is 12.6. The number of aliphatic hydroxyl groups excluding tert-OH is 1. The van der Waals surface area contributed by atoms with Crippen molar-refractivity contribution < 1.29 is 19.8 Å². The van der Waals surface area contributed by atoms with Gasteiger partial charge in [-0.2, -0.15) is 11.8 Å². The third-order valence-corrected chi connectivity index (χ3v) is 4.15. The van der Waals surface area contributed by atoms with Crippen LogP contribution in [0.4, 0.5) is 4.79 Å².